The average molecular weight is 541 g/mol. The van der Waals surface area contributed by atoms with Crippen molar-refractivity contribution >= 4 is 48.4 Å². The Morgan fingerprint density at radius 3 is 2.31 bits per heavy atom. The molecular weight excluding hydrogens is 506 g/mol. The number of aryl methyl sites for hydroxylation is 1. The Labute approximate surface area is 212 Å². The smallest absolute Gasteiger partial charge is 0.305 e. The SMILES string of the molecule is COC(=O)CCCCCC1(C)C(C)=[N+](CCCS(=O)(=O)O)c2ccc3c(C)cc(S(=O)(=O)O)cc3c21. The van der Waals surface area contributed by atoms with Gasteiger partial charge in [-0.3, -0.25) is 13.9 Å². The van der Waals surface area contributed by atoms with Crippen molar-refractivity contribution in [1.29, 1.82) is 0 Å². The van der Waals surface area contributed by atoms with Gasteiger partial charge < -0.3 is 4.74 Å². The number of carbonyl (C=O) groups is 1. The van der Waals surface area contributed by atoms with Crippen LogP contribution in [0, 0.1) is 6.92 Å². The van der Waals surface area contributed by atoms with Crippen LogP contribution in [0.5, 0.6) is 0 Å². The molecule has 1 atom stereocenters. The van der Waals surface area contributed by atoms with E-state index < -0.39 is 25.7 Å². The molecule has 0 fully saturated rings. The van der Waals surface area contributed by atoms with Crippen LogP contribution in [0.25, 0.3) is 10.8 Å². The summed E-state index contributed by atoms with van der Waals surface area (Å²) in [6, 6.07) is 6.81. The van der Waals surface area contributed by atoms with Crippen LogP contribution in [0.1, 0.15) is 63.5 Å². The molecule has 0 amide bonds. The topological polar surface area (TPSA) is 138 Å². The molecule has 11 heteroatoms. The zero-order valence-electron chi connectivity index (χ0n) is 21.1. The lowest BCUT2D eigenvalue weighted by atomic mass is 9.74. The number of rotatable bonds is 11. The number of ether oxygens (including phenoxy) is 1. The number of hydrogen-bond acceptors (Lipinski definition) is 6. The number of carbonyl (C=O) groups excluding carboxylic acids is 1. The highest BCUT2D eigenvalue weighted by Gasteiger charge is 2.47. The predicted octanol–water partition coefficient (Wildman–Crippen LogP) is 4.17. The molecule has 198 valence electrons. The molecule has 1 heterocycles. The quantitative estimate of drug-likeness (QED) is 0.187. The van der Waals surface area contributed by atoms with E-state index in [4.69, 9.17) is 4.74 Å². The van der Waals surface area contributed by atoms with Crippen molar-refractivity contribution in [1.82, 2.24) is 0 Å². The predicted molar refractivity (Wildman–Crippen MR) is 137 cm³/mol. The zero-order valence-corrected chi connectivity index (χ0v) is 22.7. The van der Waals surface area contributed by atoms with Crippen molar-refractivity contribution in [3.8, 4) is 0 Å². The van der Waals surface area contributed by atoms with E-state index in [0.717, 1.165) is 41.6 Å². The summed E-state index contributed by atoms with van der Waals surface area (Å²) in [5.41, 5.74) is 2.97. The monoisotopic (exact) mass is 540 g/mol. The molecule has 0 aliphatic carbocycles. The molecule has 1 aliphatic rings. The van der Waals surface area contributed by atoms with Crippen LogP contribution >= 0.6 is 0 Å². The summed E-state index contributed by atoms with van der Waals surface area (Å²) >= 11 is 0. The molecule has 0 saturated carbocycles. The Hall–Kier alpha value is -2.34. The van der Waals surface area contributed by atoms with Crippen LogP contribution in [0.3, 0.4) is 0 Å². The van der Waals surface area contributed by atoms with Crippen LogP contribution in [-0.2, 0) is 35.2 Å². The van der Waals surface area contributed by atoms with Gasteiger partial charge in [-0.05, 0) is 61.2 Å². The first-order chi connectivity index (χ1) is 16.7. The first kappa shape index (κ1) is 28.2. The maximum atomic E-state index is 12.0. The second-order valence-corrected chi connectivity index (χ2v) is 12.6. The van der Waals surface area contributed by atoms with E-state index in [9.17, 15) is 30.7 Å². The van der Waals surface area contributed by atoms with E-state index in [1.165, 1.54) is 19.2 Å². The molecule has 0 bridgehead atoms. The molecule has 0 radical (unpaired) electrons. The summed E-state index contributed by atoms with van der Waals surface area (Å²) in [6.07, 6.45) is 3.57. The first-order valence-electron chi connectivity index (χ1n) is 11.9. The molecule has 2 aromatic rings. The molecule has 2 N–H and O–H groups in total. The largest absolute Gasteiger partial charge is 0.469 e. The maximum Gasteiger partial charge on any atom is 0.305 e. The fourth-order valence-electron chi connectivity index (χ4n) is 5.22. The maximum absolute atomic E-state index is 12.0. The number of esters is 1. The number of fused-ring (bicyclic) bond motifs is 3. The summed E-state index contributed by atoms with van der Waals surface area (Å²) < 4.78 is 72.3. The van der Waals surface area contributed by atoms with Gasteiger partial charge >= 0.3 is 5.97 Å². The number of hydrogen-bond donors (Lipinski definition) is 2. The van der Waals surface area contributed by atoms with Crippen molar-refractivity contribution in [3.63, 3.8) is 0 Å². The van der Waals surface area contributed by atoms with Gasteiger partial charge in [0.15, 0.2) is 5.71 Å². The fourth-order valence-corrected chi connectivity index (χ4v) is 6.30. The van der Waals surface area contributed by atoms with Gasteiger partial charge in [0.25, 0.3) is 20.2 Å². The Morgan fingerprint density at radius 1 is 1.00 bits per heavy atom. The van der Waals surface area contributed by atoms with Crippen molar-refractivity contribution in [2.24, 2.45) is 0 Å². The molecular formula is C25H34NO8S2+. The van der Waals surface area contributed by atoms with E-state index in [1.54, 1.807) is 6.92 Å². The minimum Gasteiger partial charge on any atom is -0.469 e. The van der Waals surface area contributed by atoms with Gasteiger partial charge in [-0.1, -0.05) is 12.8 Å². The van der Waals surface area contributed by atoms with Crippen molar-refractivity contribution < 1.29 is 40.0 Å². The van der Waals surface area contributed by atoms with Crippen molar-refractivity contribution in [2.45, 2.75) is 69.6 Å². The van der Waals surface area contributed by atoms with Gasteiger partial charge in [-0.15, -0.1) is 0 Å². The second-order valence-electron chi connectivity index (χ2n) is 9.62. The summed E-state index contributed by atoms with van der Waals surface area (Å²) in [6.45, 7) is 6.22. The number of nitrogens with zero attached hydrogens (tertiary/aromatic N) is 1. The van der Waals surface area contributed by atoms with Crippen LogP contribution in [-0.4, -0.2) is 61.6 Å². The average Bonchev–Trinajstić information content (AvgIpc) is 2.99. The summed E-state index contributed by atoms with van der Waals surface area (Å²) in [5, 5.41) is 1.58. The number of benzene rings is 2. The first-order valence-corrected chi connectivity index (χ1v) is 14.9. The molecule has 2 aromatic carbocycles. The van der Waals surface area contributed by atoms with Crippen molar-refractivity contribution in [2.75, 3.05) is 19.4 Å². The highest BCUT2D eigenvalue weighted by molar-refractivity contribution is 7.86. The highest BCUT2D eigenvalue weighted by Crippen LogP contribution is 2.47. The zero-order chi connectivity index (χ0) is 26.9. The van der Waals surface area contributed by atoms with Crippen LogP contribution < -0.4 is 0 Å². The van der Waals surface area contributed by atoms with Gasteiger partial charge in [-0.25, -0.2) is 0 Å². The molecule has 36 heavy (non-hydrogen) atoms. The Bertz CT molecular complexity index is 1430. The molecule has 1 aliphatic heterocycles. The van der Waals surface area contributed by atoms with Crippen LogP contribution in [0.15, 0.2) is 29.2 Å². The fraction of sp³-hybridized carbons (Fsp3) is 0.520. The second kappa shape index (κ2) is 10.6. The van der Waals surface area contributed by atoms with Crippen LogP contribution in [0.2, 0.25) is 0 Å². The van der Waals surface area contributed by atoms with E-state index in [1.807, 2.05) is 23.6 Å². The Balaban J connectivity index is 2.09. The molecule has 1 unspecified atom stereocenters. The molecule has 0 spiro atoms. The van der Waals surface area contributed by atoms with Gasteiger partial charge in [-0.2, -0.15) is 21.4 Å². The van der Waals surface area contributed by atoms with Crippen LogP contribution in [0.4, 0.5) is 5.69 Å². The normalized spacial score (nSPS) is 18.1. The Morgan fingerprint density at radius 2 is 1.69 bits per heavy atom. The van der Waals surface area contributed by atoms with E-state index in [-0.39, 0.29) is 23.0 Å². The molecule has 0 saturated heterocycles. The van der Waals surface area contributed by atoms with Crippen molar-refractivity contribution in [3.05, 3.63) is 35.4 Å². The lowest BCUT2D eigenvalue weighted by molar-refractivity contribution is -0.438. The third-order valence-electron chi connectivity index (χ3n) is 7.21. The summed E-state index contributed by atoms with van der Waals surface area (Å²) in [7, 11) is -7.16. The number of methoxy groups -OCH3 is 1. The summed E-state index contributed by atoms with van der Waals surface area (Å²) in [5.74, 6) is -0.616. The lowest BCUT2D eigenvalue weighted by Crippen LogP contribution is -2.31. The minimum absolute atomic E-state index is 0.177. The minimum atomic E-state index is -4.42. The molecule has 3 rings (SSSR count). The third kappa shape index (κ3) is 5.96. The van der Waals surface area contributed by atoms with E-state index >= 15 is 0 Å². The van der Waals surface area contributed by atoms with E-state index in [2.05, 4.69) is 6.92 Å². The Kier molecular flexibility index (Phi) is 8.29. The summed E-state index contributed by atoms with van der Waals surface area (Å²) in [4.78, 5) is 11.3. The molecule has 0 aromatic heterocycles. The van der Waals surface area contributed by atoms with E-state index in [0.29, 0.717) is 30.3 Å². The highest BCUT2D eigenvalue weighted by atomic mass is 32.2. The van der Waals surface area contributed by atoms with Gasteiger partial charge in [0.2, 0.25) is 5.69 Å². The lowest BCUT2D eigenvalue weighted by Gasteiger charge is -2.24. The van der Waals surface area contributed by atoms with Gasteiger partial charge in [0, 0.05) is 31.4 Å². The van der Waals surface area contributed by atoms with Gasteiger partial charge in [0.05, 0.1) is 23.2 Å². The standard InChI is InChI=1S/C25H33NO8S2/c1-17-15-19(36(31,32)33)16-21-20(17)10-11-22-24(21)25(3,12-7-5-6-9-23(27)34-4)18(2)26(22)13-8-14-35(28,29)30/h10-11,15-16H,5-9,12-14H2,1-4H3,(H-,28,29,30,31,32,33)/p+1. The number of unbranched alkanes of at least 4 members (excludes halogenated alkanes) is 2. The molecule has 9 nitrogen and oxygen atoms in total. The third-order valence-corrected chi connectivity index (χ3v) is 8.84. The van der Waals surface area contributed by atoms with Gasteiger partial charge in [0.1, 0.15) is 6.54 Å².